The fourth-order valence-corrected chi connectivity index (χ4v) is 2.88. The molecule has 0 aliphatic heterocycles. The molecule has 0 fully saturated rings. The Bertz CT molecular complexity index is 1090. The summed E-state index contributed by atoms with van der Waals surface area (Å²) in [6, 6.07) is 21.1. The van der Waals surface area contributed by atoms with Gasteiger partial charge >= 0.3 is 5.97 Å². The highest BCUT2D eigenvalue weighted by atomic mass is 16.5. The van der Waals surface area contributed by atoms with Crippen LogP contribution in [-0.2, 0) is 11.3 Å². The molecule has 0 N–H and O–H groups in total. The molecular formula is C21H16N2O2. The van der Waals surface area contributed by atoms with Crippen molar-refractivity contribution < 1.29 is 9.53 Å². The number of fused-ring (bicyclic) bond motifs is 2. The van der Waals surface area contributed by atoms with Crippen molar-refractivity contribution in [2.45, 2.75) is 13.5 Å². The Balaban J connectivity index is 1.59. The molecule has 25 heavy (non-hydrogen) atoms. The SMILES string of the molecule is Cc1cc(C(=O)OCc2ccc3ccccc3n2)c2ccccc2n1. The Morgan fingerprint density at radius 2 is 1.68 bits per heavy atom. The zero-order valence-electron chi connectivity index (χ0n) is 13.8. The van der Waals surface area contributed by atoms with Gasteiger partial charge in [0.25, 0.3) is 0 Å². The van der Waals surface area contributed by atoms with Gasteiger partial charge < -0.3 is 4.74 Å². The fraction of sp³-hybridized carbons (Fsp3) is 0.0952. The van der Waals surface area contributed by atoms with E-state index in [9.17, 15) is 4.79 Å². The highest BCUT2D eigenvalue weighted by Gasteiger charge is 2.13. The second kappa shape index (κ2) is 6.32. The molecule has 0 aliphatic rings. The van der Waals surface area contributed by atoms with Crippen LogP contribution in [0.25, 0.3) is 21.8 Å². The van der Waals surface area contributed by atoms with E-state index in [-0.39, 0.29) is 12.6 Å². The minimum absolute atomic E-state index is 0.138. The maximum atomic E-state index is 12.6. The molecule has 2 aromatic carbocycles. The third-order valence-electron chi connectivity index (χ3n) is 4.07. The number of esters is 1. The molecule has 4 nitrogen and oxygen atoms in total. The minimum atomic E-state index is -0.364. The van der Waals surface area contributed by atoms with Crippen LogP contribution in [0, 0.1) is 6.92 Å². The summed E-state index contributed by atoms with van der Waals surface area (Å²) in [5, 5.41) is 1.86. The Labute approximate surface area is 145 Å². The van der Waals surface area contributed by atoms with Crippen molar-refractivity contribution in [2.24, 2.45) is 0 Å². The number of ether oxygens (including phenoxy) is 1. The monoisotopic (exact) mass is 328 g/mol. The molecule has 122 valence electrons. The van der Waals surface area contributed by atoms with Crippen molar-refractivity contribution in [1.29, 1.82) is 0 Å². The topological polar surface area (TPSA) is 52.1 Å². The van der Waals surface area contributed by atoms with Gasteiger partial charge in [0.1, 0.15) is 6.61 Å². The van der Waals surface area contributed by atoms with E-state index in [1.165, 1.54) is 0 Å². The van der Waals surface area contributed by atoms with Crippen LogP contribution in [0.5, 0.6) is 0 Å². The molecule has 0 atom stereocenters. The molecule has 4 heteroatoms. The molecule has 4 rings (SSSR count). The lowest BCUT2D eigenvalue weighted by Gasteiger charge is -2.09. The van der Waals surface area contributed by atoms with E-state index in [1.807, 2.05) is 67.6 Å². The lowest BCUT2D eigenvalue weighted by molar-refractivity contribution is 0.0470. The predicted molar refractivity (Wildman–Crippen MR) is 97.3 cm³/mol. The number of rotatable bonds is 3. The highest BCUT2D eigenvalue weighted by Crippen LogP contribution is 2.20. The second-order valence-electron chi connectivity index (χ2n) is 5.90. The number of hydrogen-bond donors (Lipinski definition) is 0. The molecule has 0 aliphatic carbocycles. The average Bonchev–Trinajstić information content (AvgIpc) is 2.65. The summed E-state index contributed by atoms with van der Waals surface area (Å²) in [7, 11) is 0. The number of carbonyl (C=O) groups is 1. The number of benzene rings is 2. The summed E-state index contributed by atoms with van der Waals surface area (Å²) < 4.78 is 5.50. The highest BCUT2D eigenvalue weighted by molar-refractivity contribution is 6.03. The first-order chi connectivity index (χ1) is 12.2. The van der Waals surface area contributed by atoms with Crippen LogP contribution in [0.4, 0.5) is 0 Å². The van der Waals surface area contributed by atoms with E-state index in [2.05, 4.69) is 9.97 Å². The van der Waals surface area contributed by atoms with Crippen LogP contribution in [-0.4, -0.2) is 15.9 Å². The summed E-state index contributed by atoms with van der Waals surface area (Å²) in [5.41, 5.74) is 3.72. The van der Waals surface area contributed by atoms with E-state index < -0.39 is 0 Å². The predicted octanol–water partition coefficient (Wildman–Crippen LogP) is 4.45. The summed E-state index contributed by atoms with van der Waals surface area (Å²) in [5.74, 6) is -0.364. The fourth-order valence-electron chi connectivity index (χ4n) is 2.88. The molecule has 2 aromatic heterocycles. The molecule has 4 aromatic rings. The number of pyridine rings is 2. The summed E-state index contributed by atoms with van der Waals surface area (Å²) >= 11 is 0. The third kappa shape index (κ3) is 3.06. The largest absolute Gasteiger partial charge is 0.456 e. The lowest BCUT2D eigenvalue weighted by Crippen LogP contribution is -2.08. The van der Waals surface area contributed by atoms with Crippen LogP contribution in [0.1, 0.15) is 21.7 Å². The Morgan fingerprint density at radius 3 is 2.56 bits per heavy atom. The van der Waals surface area contributed by atoms with Crippen LogP contribution in [0.3, 0.4) is 0 Å². The van der Waals surface area contributed by atoms with Gasteiger partial charge in [-0.1, -0.05) is 42.5 Å². The van der Waals surface area contributed by atoms with Gasteiger partial charge in [0, 0.05) is 16.5 Å². The van der Waals surface area contributed by atoms with Gasteiger partial charge in [-0.2, -0.15) is 0 Å². The van der Waals surface area contributed by atoms with E-state index >= 15 is 0 Å². The first kappa shape index (κ1) is 15.3. The van der Waals surface area contributed by atoms with Crippen LogP contribution in [0.2, 0.25) is 0 Å². The second-order valence-corrected chi connectivity index (χ2v) is 5.90. The van der Waals surface area contributed by atoms with Crippen molar-refractivity contribution in [3.8, 4) is 0 Å². The molecule has 0 amide bonds. The Kier molecular flexibility index (Phi) is 3.86. The number of hydrogen-bond acceptors (Lipinski definition) is 4. The van der Waals surface area contributed by atoms with E-state index in [0.717, 1.165) is 33.2 Å². The number of aromatic nitrogens is 2. The molecule has 0 radical (unpaired) electrons. The van der Waals surface area contributed by atoms with Gasteiger partial charge in [-0.15, -0.1) is 0 Å². The van der Waals surface area contributed by atoms with Gasteiger partial charge in [-0.3, -0.25) is 4.98 Å². The first-order valence-electron chi connectivity index (χ1n) is 8.09. The lowest BCUT2D eigenvalue weighted by atomic mass is 10.1. The van der Waals surface area contributed by atoms with Crippen LogP contribution >= 0.6 is 0 Å². The molecule has 0 bridgehead atoms. The van der Waals surface area contributed by atoms with Crippen molar-refractivity contribution >= 4 is 27.8 Å². The average molecular weight is 328 g/mol. The Morgan fingerprint density at radius 1 is 0.920 bits per heavy atom. The molecule has 2 heterocycles. The van der Waals surface area contributed by atoms with Gasteiger partial charge in [0.2, 0.25) is 0 Å². The summed E-state index contributed by atoms with van der Waals surface area (Å²) in [6.07, 6.45) is 0. The first-order valence-corrected chi connectivity index (χ1v) is 8.09. The molecule has 0 unspecified atom stereocenters. The van der Waals surface area contributed by atoms with Gasteiger partial charge in [0.15, 0.2) is 0 Å². The number of para-hydroxylation sites is 2. The van der Waals surface area contributed by atoms with Crippen LogP contribution < -0.4 is 0 Å². The molecule has 0 saturated heterocycles. The molecule has 0 saturated carbocycles. The normalized spacial score (nSPS) is 10.9. The number of carbonyl (C=O) groups excluding carboxylic acids is 1. The standard InChI is InChI=1S/C21H16N2O2/c1-14-12-18(17-7-3-5-9-20(17)22-14)21(24)25-13-16-11-10-15-6-2-4-8-19(15)23-16/h2-12H,13H2,1H3. The van der Waals surface area contributed by atoms with Crippen LogP contribution in [0.15, 0.2) is 66.7 Å². The quantitative estimate of drug-likeness (QED) is 0.521. The number of aryl methyl sites for hydroxylation is 1. The molecular weight excluding hydrogens is 312 g/mol. The summed E-state index contributed by atoms with van der Waals surface area (Å²) in [6.45, 7) is 2.01. The van der Waals surface area contributed by atoms with Gasteiger partial charge in [0.05, 0.1) is 22.3 Å². The zero-order valence-corrected chi connectivity index (χ0v) is 13.8. The van der Waals surface area contributed by atoms with Gasteiger partial charge in [-0.25, -0.2) is 9.78 Å². The third-order valence-corrected chi connectivity index (χ3v) is 4.07. The van der Waals surface area contributed by atoms with Crippen molar-refractivity contribution in [3.63, 3.8) is 0 Å². The molecule has 0 spiro atoms. The summed E-state index contributed by atoms with van der Waals surface area (Å²) in [4.78, 5) is 21.6. The van der Waals surface area contributed by atoms with E-state index in [4.69, 9.17) is 4.74 Å². The van der Waals surface area contributed by atoms with Crippen molar-refractivity contribution in [3.05, 3.63) is 83.7 Å². The Hall–Kier alpha value is -3.27. The minimum Gasteiger partial charge on any atom is -0.456 e. The van der Waals surface area contributed by atoms with E-state index in [1.54, 1.807) is 6.07 Å². The number of nitrogens with zero attached hydrogens (tertiary/aromatic N) is 2. The zero-order chi connectivity index (χ0) is 17.2. The maximum Gasteiger partial charge on any atom is 0.339 e. The smallest absolute Gasteiger partial charge is 0.339 e. The van der Waals surface area contributed by atoms with Gasteiger partial charge in [-0.05, 0) is 31.2 Å². The maximum absolute atomic E-state index is 12.6. The van der Waals surface area contributed by atoms with E-state index in [0.29, 0.717) is 5.56 Å². The van der Waals surface area contributed by atoms with Crippen molar-refractivity contribution in [2.75, 3.05) is 0 Å². The van der Waals surface area contributed by atoms with Crippen molar-refractivity contribution in [1.82, 2.24) is 9.97 Å².